The molecule has 0 aliphatic carbocycles. The zero-order valence-electron chi connectivity index (χ0n) is 16.9. The molecule has 1 fully saturated rings. The normalized spacial score (nSPS) is 15.8. The first-order valence-electron chi connectivity index (χ1n) is 9.68. The van der Waals surface area contributed by atoms with Crippen LogP contribution in [0.1, 0.15) is 24.0 Å². The summed E-state index contributed by atoms with van der Waals surface area (Å²) >= 11 is 3.39. The van der Waals surface area contributed by atoms with E-state index in [1.54, 1.807) is 7.11 Å². The number of amides is 4. The smallest absolute Gasteiger partial charge is 0.324 e. The lowest BCUT2D eigenvalue weighted by Gasteiger charge is -2.13. The Balaban J connectivity index is 1.49. The second-order valence-corrected chi connectivity index (χ2v) is 8.05. The Morgan fingerprint density at radius 1 is 1.20 bits per heavy atom. The molecule has 2 aromatic carbocycles. The number of benzene rings is 2. The van der Waals surface area contributed by atoms with E-state index in [1.807, 2.05) is 49.4 Å². The second-order valence-electron chi connectivity index (χ2n) is 7.14. The van der Waals surface area contributed by atoms with Crippen LogP contribution in [-0.4, -0.2) is 42.4 Å². The summed E-state index contributed by atoms with van der Waals surface area (Å²) in [5, 5.41) is 5.52. The van der Waals surface area contributed by atoms with Crippen molar-refractivity contribution < 1.29 is 19.1 Å². The molecule has 1 atom stereocenters. The maximum Gasteiger partial charge on any atom is 0.324 e. The van der Waals surface area contributed by atoms with Crippen molar-refractivity contribution in [2.24, 2.45) is 0 Å². The molecule has 0 radical (unpaired) electrons. The minimum Gasteiger partial charge on any atom is -0.497 e. The Labute approximate surface area is 183 Å². The number of carbonyl (C=O) groups excluding carboxylic acids is 3. The van der Waals surface area contributed by atoms with Gasteiger partial charge >= 0.3 is 6.03 Å². The fraction of sp³-hybridized carbons (Fsp3) is 0.318. The van der Waals surface area contributed by atoms with Gasteiger partial charge in [-0.1, -0.05) is 28.1 Å². The maximum absolute atomic E-state index is 12.6. The molecule has 0 saturated carbocycles. The van der Waals surface area contributed by atoms with Crippen molar-refractivity contribution in [2.75, 3.05) is 19.0 Å². The number of rotatable bonds is 8. The Morgan fingerprint density at radius 3 is 2.60 bits per heavy atom. The zero-order valence-corrected chi connectivity index (χ0v) is 18.5. The standard InChI is InChI=1S/C22H24BrN3O4/c1-14-13-16(23)5-8-18(14)24-20(27)10-9-19-21(28)26(22(29)25-19)12-11-15-3-6-17(30-2)7-4-15/h3-8,13,19H,9-12H2,1-2H3,(H,24,27)(H,25,29)/t19-/m0/s1. The summed E-state index contributed by atoms with van der Waals surface area (Å²) in [4.78, 5) is 38.3. The summed E-state index contributed by atoms with van der Waals surface area (Å²) in [6.45, 7) is 2.19. The van der Waals surface area contributed by atoms with Crippen LogP contribution in [0.25, 0.3) is 0 Å². The van der Waals surface area contributed by atoms with Gasteiger partial charge in [0.05, 0.1) is 7.11 Å². The molecular formula is C22H24BrN3O4. The summed E-state index contributed by atoms with van der Waals surface area (Å²) in [6.07, 6.45) is 0.947. The predicted octanol–water partition coefficient (Wildman–Crippen LogP) is 3.65. The Hall–Kier alpha value is -2.87. The number of imide groups is 1. The number of nitrogens with one attached hydrogen (secondary N) is 2. The van der Waals surface area contributed by atoms with Crippen LogP contribution in [0.4, 0.5) is 10.5 Å². The van der Waals surface area contributed by atoms with Crippen molar-refractivity contribution in [3.8, 4) is 5.75 Å². The molecule has 0 spiro atoms. The van der Waals surface area contributed by atoms with E-state index in [2.05, 4.69) is 26.6 Å². The van der Waals surface area contributed by atoms with Crippen molar-refractivity contribution in [1.29, 1.82) is 0 Å². The van der Waals surface area contributed by atoms with Crippen molar-refractivity contribution in [3.63, 3.8) is 0 Å². The van der Waals surface area contributed by atoms with E-state index in [0.29, 0.717) is 6.42 Å². The Bertz CT molecular complexity index is 946. The number of nitrogens with zero attached hydrogens (tertiary/aromatic N) is 1. The molecule has 2 N–H and O–H groups in total. The SMILES string of the molecule is COc1ccc(CCN2C(=O)N[C@@H](CCC(=O)Nc3ccc(Br)cc3C)C2=O)cc1. The maximum atomic E-state index is 12.6. The highest BCUT2D eigenvalue weighted by atomic mass is 79.9. The minimum atomic E-state index is -0.676. The van der Waals surface area contributed by atoms with Crippen molar-refractivity contribution in [3.05, 3.63) is 58.1 Å². The van der Waals surface area contributed by atoms with Crippen molar-refractivity contribution in [2.45, 2.75) is 32.2 Å². The van der Waals surface area contributed by atoms with Gasteiger partial charge in [0.2, 0.25) is 5.91 Å². The molecule has 0 bridgehead atoms. The Kier molecular flexibility index (Phi) is 7.10. The summed E-state index contributed by atoms with van der Waals surface area (Å²) in [5.41, 5.74) is 2.67. The molecule has 0 aromatic heterocycles. The van der Waals surface area contributed by atoms with Gasteiger partial charge in [0, 0.05) is 23.1 Å². The summed E-state index contributed by atoms with van der Waals surface area (Å²) < 4.78 is 6.06. The second kappa shape index (κ2) is 9.75. The number of hydrogen-bond acceptors (Lipinski definition) is 4. The average Bonchev–Trinajstić information content (AvgIpc) is 3.00. The first kappa shape index (κ1) is 21.8. The topological polar surface area (TPSA) is 87.7 Å². The fourth-order valence-corrected chi connectivity index (χ4v) is 3.75. The lowest BCUT2D eigenvalue weighted by molar-refractivity contribution is -0.127. The van der Waals surface area contributed by atoms with Crippen LogP contribution in [0.3, 0.4) is 0 Å². The van der Waals surface area contributed by atoms with Crippen molar-refractivity contribution in [1.82, 2.24) is 10.2 Å². The number of ether oxygens (including phenoxy) is 1. The summed E-state index contributed by atoms with van der Waals surface area (Å²) in [5.74, 6) is 0.269. The van der Waals surface area contributed by atoms with Gasteiger partial charge in [0.1, 0.15) is 11.8 Å². The van der Waals surface area contributed by atoms with Crippen LogP contribution < -0.4 is 15.4 Å². The average molecular weight is 474 g/mol. The highest BCUT2D eigenvalue weighted by Gasteiger charge is 2.37. The zero-order chi connectivity index (χ0) is 21.7. The molecule has 3 rings (SSSR count). The third kappa shape index (κ3) is 5.38. The van der Waals surface area contributed by atoms with Gasteiger partial charge in [-0.15, -0.1) is 0 Å². The van der Waals surface area contributed by atoms with E-state index >= 15 is 0 Å². The quantitative estimate of drug-likeness (QED) is 0.572. The lowest BCUT2D eigenvalue weighted by Crippen LogP contribution is -2.33. The molecule has 0 unspecified atom stereocenters. The molecule has 8 heteroatoms. The molecule has 1 saturated heterocycles. The van der Waals surface area contributed by atoms with Gasteiger partial charge in [0.15, 0.2) is 0 Å². The molecule has 2 aromatic rings. The predicted molar refractivity (Wildman–Crippen MR) is 117 cm³/mol. The molecular weight excluding hydrogens is 450 g/mol. The lowest BCUT2D eigenvalue weighted by atomic mass is 10.1. The summed E-state index contributed by atoms with van der Waals surface area (Å²) in [6, 6.07) is 12.0. The van der Waals surface area contributed by atoms with Crippen LogP contribution in [0.2, 0.25) is 0 Å². The van der Waals surface area contributed by atoms with E-state index in [1.165, 1.54) is 4.90 Å². The molecule has 158 valence electrons. The number of methoxy groups -OCH3 is 1. The molecule has 4 amide bonds. The van der Waals surface area contributed by atoms with E-state index in [9.17, 15) is 14.4 Å². The van der Waals surface area contributed by atoms with E-state index < -0.39 is 12.1 Å². The summed E-state index contributed by atoms with van der Waals surface area (Å²) in [7, 11) is 1.60. The Morgan fingerprint density at radius 2 is 1.93 bits per heavy atom. The van der Waals surface area contributed by atoms with E-state index in [4.69, 9.17) is 4.74 Å². The third-order valence-corrected chi connectivity index (χ3v) is 5.51. The molecule has 1 heterocycles. The molecule has 30 heavy (non-hydrogen) atoms. The monoisotopic (exact) mass is 473 g/mol. The van der Waals surface area contributed by atoms with Gasteiger partial charge < -0.3 is 15.4 Å². The van der Waals surface area contributed by atoms with E-state index in [0.717, 1.165) is 27.0 Å². The number of hydrogen-bond donors (Lipinski definition) is 2. The molecule has 7 nitrogen and oxygen atoms in total. The van der Waals surface area contributed by atoms with Crippen LogP contribution in [0, 0.1) is 6.92 Å². The van der Waals surface area contributed by atoms with Crippen LogP contribution >= 0.6 is 15.9 Å². The minimum absolute atomic E-state index is 0.137. The van der Waals surface area contributed by atoms with Gasteiger partial charge in [-0.2, -0.15) is 0 Å². The van der Waals surface area contributed by atoms with E-state index in [-0.39, 0.29) is 31.2 Å². The van der Waals surface area contributed by atoms with Gasteiger partial charge in [-0.25, -0.2) is 4.79 Å². The van der Waals surface area contributed by atoms with Gasteiger partial charge in [-0.3, -0.25) is 14.5 Å². The van der Waals surface area contributed by atoms with Crippen LogP contribution in [0.5, 0.6) is 5.75 Å². The highest BCUT2D eigenvalue weighted by molar-refractivity contribution is 9.10. The molecule has 1 aliphatic heterocycles. The number of aryl methyl sites for hydroxylation is 1. The van der Waals surface area contributed by atoms with Crippen molar-refractivity contribution >= 4 is 39.5 Å². The first-order chi connectivity index (χ1) is 14.4. The van der Waals surface area contributed by atoms with Gasteiger partial charge in [-0.05, 0) is 61.2 Å². The van der Waals surface area contributed by atoms with Crippen LogP contribution in [-0.2, 0) is 16.0 Å². The number of anilines is 1. The number of halogens is 1. The number of carbonyl (C=O) groups is 3. The first-order valence-corrected chi connectivity index (χ1v) is 10.5. The largest absolute Gasteiger partial charge is 0.497 e. The molecule has 1 aliphatic rings. The third-order valence-electron chi connectivity index (χ3n) is 5.01. The fourth-order valence-electron chi connectivity index (χ4n) is 3.27. The highest BCUT2D eigenvalue weighted by Crippen LogP contribution is 2.21. The van der Waals surface area contributed by atoms with Crippen LogP contribution in [0.15, 0.2) is 46.9 Å². The number of urea groups is 1. The van der Waals surface area contributed by atoms with Gasteiger partial charge in [0.25, 0.3) is 5.91 Å².